The molecule has 0 saturated carbocycles. The van der Waals surface area contributed by atoms with Gasteiger partial charge in [-0.3, -0.25) is 4.79 Å². The minimum Gasteiger partial charge on any atom is -0.482 e. The smallest absolute Gasteiger partial charge is 0.264 e. The molecular formula is C12H12N2O2. The Balaban J connectivity index is 2.30. The number of nitrogens with zero attached hydrogens (tertiary/aromatic N) is 2. The third-order valence-corrected chi connectivity index (χ3v) is 2.64. The van der Waals surface area contributed by atoms with Gasteiger partial charge in [0.25, 0.3) is 5.91 Å². The van der Waals surface area contributed by atoms with Crippen molar-refractivity contribution in [1.82, 2.24) is 0 Å². The van der Waals surface area contributed by atoms with E-state index in [1.165, 1.54) is 0 Å². The Morgan fingerprint density at radius 2 is 2.38 bits per heavy atom. The van der Waals surface area contributed by atoms with Crippen LogP contribution in [-0.2, 0) is 11.2 Å². The van der Waals surface area contributed by atoms with Gasteiger partial charge in [0, 0.05) is 13.5 Å². The molecule has 0 saturated heterocycles. The minimum absolute atomic E-state index is 0.0510. The van der Waals surface area contributed by atoms with Gasteiger partial charge in [-0.05, 0) is 24.1 Å². The van der Waals surface area contributed by atoms with Gasteiger partial charge < -0.3 is 9.64 Å². The fourth-order valence-corrected chi connectivity index (χ4v) is 1.67. The van der Waals surface area contributed by atoms with Gasteiger partial charge in [0.15, 0.2) is 6.61 Å². The highest BCUT2D eigenvalue weighted by Crippen LogP contribution is 2.32. The molecule has 0 radical (unpaired) electrons. The van der Waals surface area contributed by atoms with Crippen LogP contribution in [0.2, 0.25) is 0 Å². The monoisotopic (exact) mass is 216 g/mol. The lowest BCUT2D eigenvalue weighted by atomic mass is 10.1. The summed E-state index contributed by atoms with van der Waals surface area (Å²) >= 11 is 0. The van der Waals surface area contributed by atoms with E-state index in [4.69, 9.17) is 10.00 Å². The number of likely N-dealkylation sites (N-methyl/N-ethyl adjacent to an activating group) is 1. The molecule has 1 aliphatic heterocycles. The zero-order valence-corrected chi connectivity index (χ0v) is 9.06. The van der Waals surface area contributed by atoms with E-state index in [1.54, 1.807) is 11.9 Å². The Bertz CT molecular complexity index is 463. The van der Waals surface area contributed by atoms with Crippen molar-refractivity contribution in [2.24, 2.45) is 0 Å². The molecule has 0 spiro atoms. The van der Waals surface area contributed by atoms with Crippen molar-refractivity contribution in [3.05, 3.63) is 23.8 Å². The summed E-state index contributed by atoms with van der Waals surface area (Å²) in [7, 11) is 1.73. The van der Waals surface area contributed by atoms with E-state index < -0.39 is 0 Å². The average molecular weight is 216 g/mol. The van der Waals surface area contributed by atoms with Crippen molar-refractivity contribution in [1.29, 1.82) is 5.26 Å². The summed E-state index contributed by atoms with van der Waals surface area (Å²) < 4.78 is 5.31. The fourth-order valence-electron chi connectivity index (χ4n) is 1.67. The summed E-state index contributed by atoms with van der Waals surface area (Å²) in [6, 6.07) is 7.79. The summed E-state index contributed by atoms with van der Waals surface area (Å²) in [6.45, 7) is 0.0983. The number of nitriles is 1. The quantitative estimate of drug-likeness (QED) is 0.752. The summed E-state index contributed by atoms with van der Waals surface area (Å²) in [5.41, 5.74) is 1.83. The number of hydrogen-bond donors (Lipinski definition) is 0. The Morgan fingerprint density at radius 1 is 1.56 bits per heavy atom. The molecule has 0 unspecified atom stereocenters. The third-order valence-electron chi connectivity index (χ3n) is 2.64. The number of benzene rings is 1. The summed E-state index contributed by atoms with van der Waals surface area (Å²) in [5.74, 6) is 0.674. The molecule has 1 aromatic rings. The molecule has 1 aromatic carbocycles. The van der Waals surface area contributed by atoms with Gasteiger partial charge in [-0.1, -0.05) is 6.07 Å². The standard InChI is InChI=1S/C12H12N2O2/c1-14-10-7-9(3-2-6-13)4-5-11(10)16-8-12(14)15/h4-5,7H,2-3,8H2,1H3. The van der Waals surface area contributed by atoms with Gasteiger partial charge >= 0.3 is 0 Å². The van der Waals surface area contributed by atoms with Crippen LogP contribution in [0, 0.1) is 11.3 Å². The lowest BCUT2D eigenvalue weighted by molar-refractivity contribution is -0.120. The lowest BCUT2D eigenvalue weighted by Crippen LogP contribution is -2.35. The maximum Gasteiger partial charge on any atom is 0.264 e. The van der Waals surface area contributed by atoms with Crippen LogP contribution in [0.4, 0.5) is 5.69 Å². The number of hydrogen-bond acceptors (Lipinski definition) is 3. The van der Waals surface area contributed by atoms with Crippen LogP contribution in [0.15, 0.2) is 18.2 Å². The lowest BCUT2D eigenvalue weighted by Gasteiger charge is -2.26. The fraction of sp³-hybridized carbons (Fsp3) is 0.333. The second-order valence-corrected chi connectivity index (χ2v) is 3.70. The summed E-state index contributed by atoms with van der Waals surface area (Å²) in [5, 5.41) is 8.52. The van der Waals surface area contributed by atoms with Crippen LogP contribution >= 0.6 is 0 Å². The molecule has 1 heterocycles. The first-order valence-electron chi connectivity index (χ1n) is 5.11. The largest absolute Gasteiger partial charge is 0.482 e. The molecule has 0 N–H and O–H groups in total. The molecule has 1 amide bonds. The third kappa shape index (κ3) is 1.84. The number of fused-ring (bicyclic) bond motifs is 1. The molecule has 0 fully saturated rings. The van der Waals surface area contributed by atoms with Crippen LogP contribution in [0.3, 0.4) is 0 Å². The van der Waals surface area contributed by atoms with Gasteiger partial charge in [-0.2, -0.15) is 5.26 Å². The van der Waals surface area contributed by atoms with Gasteiger partial charge in [-0.25, -0.2) is 0 Å². The molecule has 0 aliphatic carbocycles. The highest BCUT2D eigenvalue weighted by Gasteiger charge is 2.21. The maximum atomic E-state index is 11.4. The average Bonchev–Trinajstić information content (AvgIpc) is 2.31. The van der Waals surface area contributed by atoms with Crippen LogP contribution in [0.5, 0.6) is 5.75 Å². The molecule has 2 rings (SSSR count). The number of carbonyl (C=O) groups excluding carboxylic acids is 1. The molecule has 4 heteroatoms. The second kappa shape index (κ2) is 4.23. The number of carbonyl (C=O) groups is 1. The van der Waals surface area contributed by atoms with Crippen LogP contribution < -0.4 is 9.64 Å². The molecular weight excluding hydrogens is 204 g/mol. The topological polar surface area (TPSA) is 53.3 Å². The number of ether oxygens (including phenoxy) is 1. The zero-order valence-electron chi connectivity index (χ0n) is 9.06. The molecule has 1 aliphatic rings. The number of anilines is 1. The van der Waals surface area contributed by atoms with Gasteiger partial charge in [-0.15, -0.1) is 0 Å². The SMILES string of the molecule is CN1C(=O)COc2ccc(CCC#N)cc21. The molecule has 4 nitrogen and oxygen atoms in total. The Labute approximate surface area is 94.0 Å². The predicted octanol–water partition coefficient (Wildman–Crippen LogP) is 1.50. The van der Waals surface area contributed by atoms with E-state index in [1.807, 2.05) is 18.2 Å². The predicted molar refractivity (Wildman–Crippen MR) is 59.3 cm³/mol. The molecule has 0 bridgehead atoms. The molecule has 0 atom stereocenters. The first-order valence-corrected chi connectivity index (χ1v) is 5.11. The molecule has 16 heavy (non-hydrogen) atoms. The van der Waals surface area contributed by atoms with E-state index >= 15 is 0 Å². The van der Waals surface area contributed by atoms with Crippen molar-refractivity contribution < 1.29 is 9.53 Å². The number of rotatable bonds is 2. The Hall–Kier alpha value is -2.02. The highest BCUT2D eigenvalue weighted by molar-refractivity contribution is 5.97. The number of aryl methyl sites for hydroxylation is 1. The van der Waals surface area contributed by atoms with Crippen molar-refractivity contribution >= 4 is 11.6 Å². The molecule has 82 valence electrons. The van der Waals surface area contributed by atoms with Crippen LogP contribution in [0.1, 0.15) is 12.0 Å². The van der Waals surface area contributed by atoms with E-state index in [0.29, 0.717) is 12.8 Å². The van der Waals surface area contributed by atoms with Crippen molar-refractivity contribution in [2.75, 3.05) is 18.6 Å². The first kappa shape index (κ1) is 10.5. The molecule has 0 aromatic heterocycles. The zero-order chi connectivity index (χ0) is 11.5. The van der Waals surface area contributed by atoms with E-state index in [-0.39, 0.29) is 12.5 Å². The van der Waals surface area contributed by atoms with Crippen molar-refractivity contribution in [2.45, 2.75) is 12.8 Å². The van der Waals surface area contributed by atoms with Gasteiger partial charge in [0.1, 0.15) is 5.75 Å². The van der Waals surface area contributed by atoms with Crippen molar-refractivity contribution in [3.8, 4) is 11.8 Å². The van der Waals surface area contributed by atoms with Gasteiger partial charge in [0.2, 0.25) is 0 Å². The normalized spacial score (nSPS) is 14.0. The number of amides is 1. The maximum absolute atomic E-state index is 11.4. The van der Waals surface area contributed by atoms with E-state index in [9.17, 15) is 4.79 Å². The summed E-state index contributed by atoms with van der Waals surface area (Å²) in [4.78, 5) is 13.0. The van der Waals surface area contributed by atoms with E-state index in [2.05, 4.69) is 6.07 Å². The van der Waals surface area contributed by atoms with Crippen molar-refractivity contribution in [3.63, 3.8) is 0 Å². The van der Waals surface area contributed by atoms with Crippen LogP contribution in [0.25, 0.3) is 0 Å². The van der Waals surface area contributed by atoms with Crippen LogP contribution in [-0.4, -0.2) is 19.6 Å². The van der Waals surface area contributed by atoms with Gasteiger partial charge in [0.05, 0.1) is 11.8 Å². The second-order valence-electron chi connectivity index (χ2n) is 3.70. The first-order chi connectivity index (χ1) is 7.72. The minimum atomic E-state index is -0.0510. The highest BCUT2D eigenvalue weighted by atomic mass is 16.5. The Kier molecular flexibility index (Phi) is 2.78. The Morgan fingerprint density at radius 3 is 3.12 bits per heavy atom. The van der Waals surface area contributed by atoms with E-state index in [0.717, 1.165) is 17.0 Å². The summed E-state index contributed by atoms with van der Waals surface area (Å²) in [6.07, 6.45) is 1.18.